The number of carboxylic acids is 1. The number of carbonyl (C=O) groups is 1. The van der Waals surface area contributed by atoms with Crippen molar-refractivity contribution in [2.45, 2.75) is 6.04 Å². The fourth-order valence-corrected chi connectivity index (χ4v) is 2.93. The van der Waals surface area contributed by atoms with Crippen molar-refractivity contribution in [2.75, 3.05) is 31.6 Å². The van der Waals surface area contributed by atoms with Gasteiger partial charge in [-0.15, -0.1) is 0 Å². The van der Waals surface area contributed by atoms with Gasteiger partial charge in [-0.25, -0.2) is 9.78 Å². The molecule has 1 fully saturated rings. The molecule has 130 valence electrons. The summed E-state index contributed by atoms with van der Waals surface area (Å²) in [5, 5.41) is 9.43. The van der Waals surface area contributed by atoms with Gasteiger partial charge >= 0.3 is 5.97 Å². The minimum absolute atomic E-state index is 0. The van der Waals surface area contributed by atoms with Crippen LogP contribution in [0.15, 0.2) is 48.7 Å². The van der Waals surface area contributed by atoms with Gasteiger partial charge in [0.25, 0.3) is 0 Å². The molecule has 2 aromatic rings. The molecule has 0 saturated carbocycles. The summed E-state index contributed by atoms with van der Waals surface area (Å²) in [5.41, 5.74) is 1.43. The van der Waals surface area contributed by atoms with Gasteiger partial charge in [-0.2, -0.15) is 0 Å². The van der Waals surface area contributed by atoms with Crippen molar-refractivity contribution in [1.29, 1.82) is 0 Å². The van der Waals surface area contributed by atoms with Crippen LogP contribution in [0.25, 0.3) is 0 Å². The van der Waals surface area contributed by atoms with E-state index in [2.05, 4.69) is 34.0 Å². The Balaban J connectivity index is 0.00000144. The van der Waals surface area contributed by atoms with Crippen LogP contribution in [-0.2, 0) is 0 Å². The van der Waals surface area contributed by atoms with E-state index in [1.807, 2.05) is 18.2 Å². The summed E-state index contributed by atoms with van der Waals surface area (Å²) in [6.07, 6.45) is 1.65. The van der Waals surface area contributed by atoms with Crippen LogP contribution in [-0.4, -0.2) is 58.6 Å². The Bertz CT molecular complexity index is 666. The molecule has 1 unspecified atom stereocenters. The number of nitrogens with zero attached hydrogens (tertiary/aromatic N) is 3. The predicted octanol–water partition coefficient (Wildman–Crippen LogP) is 0.623. The first-order valence-corrected chi connectivity index (χ1v) is 7.35. The second-order valence-electron chi connectivity index (χ2n) is 5.56. The zero-order valence-electron chi connectivity index (χ0n) is 13.5. The summed E-state index contributed by atoms with van der Waals surface area (Å²) < 4.78 is 0. The Morgan fingerprint density at radius 3 is 2.50 bits per heavy atom. The third-order valence-corrected chi connectivity index (χ3v) is 4.06. The molecule has 24 heavy (non-hydrogen) atoms. The third kappa shape index (κ3) is 3.88. The summed E-state index contributed by atoms with van der Waals surface area (Å²) in [4.78, 5) is 20.2. The normalized spacial score (nSPS) is 17.5. The molecule has 0 bridgehead atoms. The van der Waals surface area contributed by atoms with E-state index in [9.17, 15) is 9.90 Å². The number of aromatic nitrogens is 1. The van der Waals surface area contributed by atoms with Crippen molar-refractivity contribution in [2.24, 2.45) is 0 Å². The number of anilines is 1. The van der Waals surface area contributed by atoms with Crippen LogP contribution >= 0.6 is 0 Å². The number of rotatable bonds is 3. The Kier molecular flexibility index (Phi) is 6.84. The third-order valence-electron chi connectivity index (χ3n) is 4.06. The van der Waals surface area contributed by atoms with Gasteiger partial charge in [0.1, 0.15) is 11.4 Å². The molecule has 3 rings (SSSR count). The molecule has 1 aliphatic rings. The second-order valence-corrected chi connectivity index (χ2v) is 5.56. The average Bonchev–Trinajstić information content (AvgIpc) is 2.55. The molecule has 1 atom stereocenters. The van der Waals surface area contributed by atoms with Gasteiger partial charge in [0.05, 0.1) is 6.04 Å². The van der Waals surface area contributed by atoms with Crippen molar-refractivity contribution >= 4 is 11.8 Å². The lowest BCUT2D eigenvalue weighted by Gasteiger charge is -2.41. The van der Waals surface area contributed by atoms with Crippen LogP contribution < -0.4 is 4.90 Å². The highest BCUT2D eigenvalue weighted by molar-refractivity contribution is 5.93. The largest absolute Gasteiger partial charge is 0.478 e. The first-order valence-electron chi connectivity index (χ1n) is 7.35. The van der Waals surface area contributed by atoms with Crippen LogP contribution in [0.5, 0.6) is 0 Å². The standard InChI is InChI=1S/C17H19N3O2.2H2O/c1-19-10-11-20(15(12-19)13-6-3-2-4-7-13)16-14(17(21)22)8-5-9-18-16;;/h2-9,15H,10-12H2,1H3,(H,21,22);2*1H2. The maximum absolute atomic E-state index is 11.5. The van der Waals surface area contributed by atoms with Crippen molar-refractivity contribution in [1.82, 2.24) is 9.88 Å². The fourth-order valence-electron chi connectivity index (χ4n) is 2.93. The van der Waals surface area contributed by atoms with Crippen molar-refractivity contribution in [3.05, 3.63) is 59.8 Å². The van der Waals surface area contributed by atoms with Crippen molar-refractivity contribution < 1.29 is 20.9 Å². The Labute approximate surface area is 140 Å². The van der Waals surface area contributed by atoms with Crippen LogP contribution in [0.2, 0.25) is 0 Å². The number of likely N-dealkylation sites (N-methyl/N-ethyl adjacent to an activating group) is 1. The SMILES string of the molecule is CN1CCN(c2ncccc2C(=O)O)C(c2ccccc2)C1.O.O. The van der Waals surface area contributed by atoms with Gasteiger partial charge in [0, 0.05) is 25.8 Å². The first-order chi connectivity index (χ1) is 10.7. The van der Waals surface area contributed by atoms with Crippen LogP contribution in [0.4, 0.5) is 5.82 Å². The number of piperazine rings is 1. The van der Waals surface area contributed by atoms with Crippen LogP contribution in [0, 0.1) is 0 Å². The molecule has 0 radical (unpaired) electrons. The number of pyridine rings is 1. The summed E-state index contributed by atoms with van der Waals surface area (Å²) in [5.74, 6) is -0.384. The molecular formula is C17H23N3O4. The Hall–Kier alpha value is -2.48. The summed E-state index contributed by atoms with van der Waals surface area (Å²) in [6, 6.07) is 13.6. The van der Waals surface area contributed by atoms with E-state index < -0.39 is 5.97 Å². The molecule has 0 amide bonds. The van der Waals surface area contributed by atoms with Gasteiger partial charge in [-0.05, 0) is 24.7 Å². The average molecular weight is 333 g/mol. The van der Waals surface area contributed by atoms with E-state index in [-0.39, 0.29) is 22.6 Å². The smallest absolute Gasteiger partial charge is 0.339 e. The topological polar surface area (TPSA) is 120 Å². The molecule has 1 aromatic carbocycles. The maximum Gasteiger partial charge on any atom is 0.339 e. The number of hydrogen-bond acceptors (Lipinski definition) is 4. The number of benzene rings is 1. The van der Waals surface area contributed by atoms with Gasteiger partial charge in [-0.1, -0.05) is 30.3 Å². The highest BCUT2D eigenvalue weighted by Crippen LogP contribution is 2.31. The molecule has 5 N–H and O–H groups in total. The van der Waals surface area contributed by atoms with Crippen LogP contribution in [0.3, 0.4) is 0 Å². The number of hydrogen-bond donors (Lipinski definition) is 1. The second kappa shape index (κ2) is 8.39. The zero-order valence-corrected chi connectivity index (χ0v) is 13.5. The van der Waals surface area contributed by atoms with Gasteiger partial charge < -0.3 is 25.9 Å². The molecule has 1 aromatic heterocycles. The van der Waals surface area contributed by atoms with Gasteiger partial charge in [0.2, 0.25) is 0 Å². The van der Waals surface area contributed by atoms with E-state index in [4.69, 9.17) is 0 Å². The van der Waals surface area contributed by atoms with Gasteiger partial charge in [0.15, 0.2) is 0 Å². The Morgan fingerprint density at radius 1 is 1.12 bits per heavy atom. The first kappa shape index (κ1) is 19.6. The highest BCUT2D eigenvalue weighted by Gasteiger charge is 2.30. The molecule has 1 aliphatic heterocycles. The molecule has 7 nitrogen and oxygen atoms in total. The predicted molar refractivity (Wildman–Crippen MR) is 92.4 cm³/mol. The number of carboxylic acid groups (broad SMARTS) is 1. The minimum atomic E-state index is -0.936. The quantitative estimate of drug-likeness (QED) is 0.883. The van der Waals surface area contributed by atoms with Crippen molar-refractivity contribution in [3.8, 4) is 0 Å². The summed E-state index contributed by atoms with van der Waals surface area (Å²) >= 11 is 0. The number of aromatic carboxylic acids is 1. The summed E-state index contributed by atoms with van der Waals surface area (Å²) in [6.45, 7) is 2.49. The molecule has 1 saturated heterocycles. The van der Waals surface area contributed by atoms with E-state index >= 15 is 0 Å². The van der Waals surface area contributed by atoms with Crippen molar-refractivity contribution in [3.63, 3.8) is 0 Å². The Morgan fingerprint density at radius 2 is 1.83 bits per heavy atom. The van der Waals surface area contributed by atoms with E-state index in [0.29, 0.717) is 5.82 Å². The van der Waals surface area contributed by atoms with E-state index in [0.717, 1.165) is 19.6 Å². The molecule has 2 heterocycles. The molecule has 7 heteroatoms. The lowest BCUT2D eigenvalue weighted by atomic mass is 10.0. The zero-order chi connectivity index (χ0) is 15.5. The van der Waals surface area contributed by atoms with E-state index in [1.54, 1.807) is 18.3 Å². The summed E-state index contributed by atoms with van der Waals surface area (Å²) in [7, 11) is 2.09. The molecule has 0 aliphatic carbocycles. The molecule has 0 spiro atoms. The maximum atomic E-state index is 11.5. The highest BCUT2D eigenvalue weighted by atomic mass is 16.4. The van der Waals surface area contributed by atoms with Crippen LogP contribution in [0.1, 0.15) is 22.0 Å². The van der Waals surface area contributed by atoms with E-state index in [1.165, 1.54) is 5.56 Å². The molecular weight excluding hydrogens is 310 g/mol. The van der Waals surface area contributed by atoms with Gasteiger partial charge in [-0.3, -0.25) is 0 Å². The lowest BCUT2D eigenvalue weighted by Crippen LogP contribution is -2.47. The minimum Gasteiger partial charge on any atom is -0.478 e. The monoisotopic (exact) mass is 333 g/mol. The lowest BCUT2D eigenvalue weighted by molar-refractivity contribution is 0.0696. The fraction of sp³-hybridized carbons (Fsp3) is 0.294.